The monoisotopic (exact) mass is 281 g/mol. The average molecular weight is 282 g/mol. The van der Waals surface area contributed by atoms with Gasteiger partial charge in [0.1, 0.15) is 5.75 Å². The van der Waals surface area contributed by atoms with E-state index in [0.29, 0.717) is 23.9 Å². The lowest BCUT2D eigenvalue weighted by Crippen LogP contribution is -2.41. The highest BCUT2D eigenvalue weighted by atomic mass is 35.5. The quantitative estimate of drug-likeness (QED) is 0.747. The third-order valence-electron chi connectivity index (χ3n) is 2.61. The maximum Gasteiger partial charge on any atom is 0.263 e. The predicted molar refractivity (Wildman–Crippen MR) is 78.6 cm³/mol. The van der Waals surface area contributed by atoms with Crippen LogP contribution in [0.2, 0.25) is 5.02 Å². The van der Waals surface area contributed by atoms with Crippen LogP contribution in [0.4, 0.5) is 0 Å². The van der Waals surface area contributed by atoms with Gasteiger partial charge in [0.05, 0.1) is 0 Å². The zero-order chi connectivity index (χ0) is 14.4. The van der Waals surface area contributed by atoms with Crippen molar-refractivity contribution >= 4 is 17.5 Å². The summed E-state index contributed by atoms with van der Waals surface area (Å²) in [6.45, 7) is 10.6. The fourth-order valence-electron chi connectivity index (χ4n) is 1.72. The number of hydrogen-bond donors (Lipinski definition) is 0. The lowest BCUT2D eigenvalue weighted by atomic mass is 10.2. The molecule has 0 aromatic heterocycles. The molecule has 104 valence electrons. The summed E-state index contributed by atoms with van der Waals surface area (Å²) >= 11 is 5.88. The van der Waals surface area contributed by atoms with Crippen LogP contribution in [-0.4, -0.2) is 30.0 Å². The number of amides is 1. The van der Waals surface area contributed by atoms with Crippen molar-refractivity contribution < 1.29 is 9.53 Å². The van der Waals surface area contributed by atoms with Crippen LogP contribution >= 0.6 is 11.6 Å². The van der Waals surface area contributed by atoms with Gasteiger partial charge in [-0.2, -0.15) is 0 Å². The van der Waals surface area contributed by atoms with Gasteiger partial charge in [0.25, 0.3) is 5.91 Å². The van der Waals surface area contributed by atoms with E-state index in [4.69, 9.17) is 16.3 Å². The van der Waals surface area contributed by atoms with E-state index in [0.717, 1.165) is 5.57 Å². The lowest BCUT2D eigenvalue weighted by Gasteiger charge is -2.25. The number of carbonyl (C=O) groups excluding carboxylic acids is 1. The van der Waals surface area contributed by atoms with Crippen LogP contribution in [0.3, 0.4) is 0 Å². The van der Waals surface area contributed by atoms with Crippen LogP contribution in [0.15, 0.2) is 36.4 Å². The predicted octanol–water partition coefficient (Wildman–Crippen LogP) is 3.53. The molecule has 3 nitrogen and oxygen atoms in total. The molecule has 1 aromatic carbocycles. The number of halogens is 1. The topological polar surface area (TPSA) is 29.5 Å². The molecule has 0 radical (unpaired) electrons. The van der Waals surface area contributed by atoms with E-state index >= 15 is 0 Å². The van der Waals surface area contributed by atoms with Gasteiger partial charge in [0, 0.05) is 18.1 Å². The highest BCUT2D eigenvalue weighted by Crippen LogP contribution is 2.18. The zero-order valence-electron chi connectivity index (χ0n) is 11.6. The maximum absolute atomic E-state index is 12.2. The second-order valence-corrected chi connectivity index (χ2v) is 4.96. The third-order valence-corrected chi connectivity index (χ3v) is 2.85. The smallest absolute Gasteiger partial charge is 0.263 e. The van der Waals surface area contributed by atoms with Gasteiger partial charge in [-0.3, -0.25) is 4.79 Å². The summed E-state index contributed by atoms with van der Waals surface area (Å²) in [5.74, 6) is 0.546. The summed E-state index contributed by atoms with van der Waals surface area (Å²) in [6, 6.07) is 7.03. The molecule has 19 heavy (non-hydrogen) atoms. The van der Waals surface area contributed by atoms with Crippen LogP contribution in [0, 0.1) is 0 Å². The van der Waals surface area contributed by atoms with Crippen LogP contribution in [0.5, 0.6) is 5.75 Å². The normalized spacial score (nSPS) is 11.8. The molecule has 1 aromatic rings. The van der Waals surface area contributed by atoms with Crippen molar-refractivity contribution in [2.75, 3.05) is 13.1 Å². The molecule has 0 aliphatic heterocycles. The highest BCUT2D eigenvalue weighted by Gasteiger charge is 2.20. The van der Waals surface area contributed by atoms with Gasteiger partial charge in [-0.1, -0.05) is 29.8 Å². The van der Waals surface area contributed by atoms with E-state index in [9.17, 15) is 4.79 Å². The Kier molecular flexibility index (Phi) is 5.90. The van der Waals surface area contributed by atoms with E-state index in [1.807, 2.05) is 13.8 Å². The van der Waals surface area contributed by atoms with Gasteiger partial charge in [-0.05, 0) is 39.0 Å². The molecule has 0 aliphatic rings. The molecule has 1 amide bonds. The molecule has 0 saturated carbocycles. The maximum atomic E-state index is 12.2. The van der Waals surface area contributed by atoms with Gasteiger partial charge in [-0.25, -0.2) is 0 Å². The number of ether oxygens (including phenoxy) is 1. The Balaban J connectivity index is 2.68. The number of hydrogen-bond acceptors (Lipinski definition) is 2. The Labute approximate surface area is 119 Å². The lowest BCUT2D eigenvalue weighted by molar-refractivity contribution is -0.137. The second-order valence-electron chi connectivity index (χ2n) is 4.53. The number of nitrogens with zero attached hydrogens (tertiary/aromatic N) is 1. The summed E-state index contributed by atoms with van der Waals surface area (Å²) in [5.41, 5.74) is 0.949. The van der Waals surface area contributed by atoms with Crippen molar-refractivity contribution in [3.63, 3.8) is 0 Å². The van der Waals surface area contributed by atoms with Crippen molar-refractivity contribution in [3.05, 3.63) is 41.4 Å². The van der Waals surface area contributed by atoms with E-state index in [1.54, 1.807) is 36.1 Å². The fraction of sp³-hybridized carbons (Fsp3) is 0.400. The van der Waals surface area contributed by atoms with Crippen LogP contribution < -0.4 is 4.74 Å². The molecule has 1 unspecified atom stereocenters. The van der Waals surface area contributed by atoms with Gasteiger partial charge >= 0.3 is 0 Å². The SMILES string of the molecule is C=C(C)CN(CC)C(=O)C(C)Oc1cccc(Cl)c1. The molecule has 1 rings (SSSR count). The van der Waals surface area contributed by atoms with Crippen LogP contribution in [0.25, 0.3) is 0 Å². The first-order valence-corrected chi connectivity index (χ1v) is 6.67. The number of likely N-dealkylation sites (N-methyl/N-ethyl adjacent to an activating group) is 1. The van der Waals surface area contributed by atoms with E-state index in [2.05, 4.69) is 6.58 Å². The van der Waals surface area contributed by atoms with Gasteiger partial charge in [0.15, 0.2) is 6.10 Å². The standard InChI is InChI=1S/C15H20ClNO2/c1-5-17(10-11(2)3)15(18)12(4)19-14-8-6-7-13(16)9-14/h6-9,12H,2,5,10H2,1,3-4H3. The molecule has 0 bridgehead atoms. The number of carbonyl (C=O) groups is 1. The van der Waals surface area contributed by atoms with Gasteiger partial charge in [-0.15, -0.1) is 0 Å². The molecular formula is C15H20ClNO2. The fourth-order valence-corrected chi connectivity index (χ4v) is 1.90. The van der Waals surface area contributed by atoms with Crippen LogP contribution in [0.1, 0.15) is 20.8 Å². The molecular weight excluding hydrogens is 262 g/mol. The summed E-state index contributed by atoms with van der Waals surface area (Å²) in [4.78, 5) is 13.9. The Morgan fingerprint density at radius 2 is 2.21 bits per heavy atom. The zero-order valence-corrected chi connectivity index (χ0v) is 12.4. The minimum Gasteiger partial charge on any atom is -0.481 e. The van der Waals surface area contributed by atoms with Crippen molar-refractivity contribution in [1.82, 2.24) is 4.90 Å². The van der Waals surface area contributed by atoms with E-state index < -0.39 is 6.10 Å². The Hall–Kier alpha value is -1.48. The van der Waals surface area contributed by atoms with Crippen molar-refractivity contribution in [2.24, 2.45) is 0 Å². The van der Waals surface area contributed by atoms with E-state index in [-0.39, 0.29) is 5.91 Å². The van der Waals surface area contributed by atoms with Gasteiger partial charge in [0.2, 0.25) is 0 Å². The average Bonchev–Trinajstić information content (AvgIpc) is 2.34. The van der Waals surface area contributed by atoms with Crippen molar-refractivity contribution in [1.29, 1.82) is 0 Å². The summed E-state index contributed by atoms with van der Waals surface area (Å²) < 4.78 is 5.62. The molecule has 0 saturated heterocycles. The summed E-state index contributed by atoms with van der Waals surface area (Å²) in [7, 11) is 0. The minimum atomic E-state index is -0.544. The van der Waals surface area contributed by atoms with Gasteiger partial charge < -0.3 is 9.64 Å². The molecule has 0 spiro atoms. The highest BCUT2D eigenvalue weighted by molar-refractivity contribution is 6.30. The number of rotatable bonds is 6. The molecule has 4 heteroatoms. The largest absolute Gasteiger partial charge is 0.481 e. The van der Waals surface area contributed by atoms with Crippen LogP contribution in [-0.2, 0) is 4.79 Å². The summed E-state index contributed by atoms with van der Waals surface area (Å²) in [6.07, 6.45) is -0.544. The van der Waals surface area contributed by atoms with Crippen molar-refractivity contribution in [2.45, 2.75) is 26.9 Å². The molecule has 0 heterocycles. The Morgan fingerprint density at radius 1 is 1.53 bits per heavy atom. The number of benzene rings is 1. The Morgan fingerprint density at radius 3 is 2.74 bits per heavy atom. The molecule has 0 fully saturated rings. The minimum absolute atomic E-state index is 0.0505. The molecule has 0 N–H and O–H groups in total. The summed E-state index contributed by atoms with van der Waals surface area (Å²) in [5, 5.41) is 0.589. The molecule has 1 atom stereocenters. The van der Waals surface area contributed by atoms with Crippen molar-refractivity contribution in [3.8, 4) is 5.75 Å². The Bertz CT molecular complexity index is 459. The van der Waals surface area contributed by atoms with E-state index in [1.165, 1.54) is 0 Å². The second kappa shape index (κ2) is 7.19. The first-order chi connectivity index (χ1) is 8.93. The first-order valence-electron chi connectivity index (χ1n) is 6.29. The molecule has 0 aliphatic carbocycles. The third kappa shape index (κ3) is 4.95. The first kappa shape index (κ1) is 15.6.